The Labute approximate surface area is 202 Å². The number of carbonyl (C=O) groups excluding carboxylic acids is 1. The second kappa shape index (κ2) is 10.5. The third kappa shape index (κ3) is 5.54. The van der Waals surface area contributed by atoms with Crippen molar-refractivity contribution in [1.82, 2.24) is 9.29 Å². The molecule has 0 spiro atoms. The molecule has 34 heavy (non-hydrogen) atoms. The number of hydrogen-bond acceptors (Lipinski definition) is 5. The Morgan fingerprint density at radius 1 is 0.882 bits per heavy atom. The molecule has 1 aliphatic rings. The number of hydrogen-bond donors (Lipinski definition) is 0. The van der Waals surface area contributed by atoms with Crippen molar-refractivity contribution in [3.63, 3.8) is 0 Å². The van der Waals surface area contributed by atoms with Crippen molar-refractivity contribution >= 4 is 21.5 Å². The van der Waals surface area contributed by atoms with Gasteiger partial charge in [0.1, 0.15) is 5.78 Å². The van der Waals surface area contributed by atoms with E-state index >= 15 is 0 Å². The van der Waals surface area contributed by atoms with E-state index in [9.17, 15) is 13.2 Å². The molecule has 0 aliphatic carbocycles. The van der Waals surface area contributed by atoms with Gasteiger partial charge in [-0.2, -0.15) is 4.31 Å². The summed E-state index contributed by atoms with van der Waals surface area (Å²) >= 11 is 0. The number of aryl methyl sites for hydroxylation is 3. The molecule has 0 atom stereocenters. The molecule has 0 bridgehead atoms. The molecule has 0 radical (unpaired) electrons. The summed E-state index contributed by atoms with van der Waals surface area (Å²) in [6.45, 7) is 6.41. The minimum Gasteiger partial charge on any atom is -0.368 e. The molecule has 7 heteroatoms. The number of aromatic nitrogens is 1. The van der Waals surface area contributed by atoms with E-state index in [0.29, 0.717) is 45.4 Å². The fourth-order valence-corrected chi connectivity index (χ4v) is 5.95. The summed E-state index contributed by atoms with van der Waals surface area (Å²) in [6, 6.07) is 16.8. The highest BCUT2D eigenvalue weighted by molar-refractivity contribution is 7.89. The van der Waals surface area contributed by atoms with Crippen LogP contribution >= 0.6 is 0 Å². The molecule has 0 unspecified atom stereocenters. The monoisotopic (exact) mass is 477 g/mol. The maximum Gasteiger partial charge on any atom is 0.243 e. The first-order valence-corrected chi connectivity index (χ1v) is 13.1. The molecule has 2 heterocycles. The fraction of sp³-hybridized carbons (Fsp3) is 0.333. The predicted octanol–water partition coefficient (Wildman–Crippen LogP) is 3.95. The quantitative estimate of drug-likeness (QED) is 0.491. The third-order valence-corrected chi connectivity index (χ3v) is 8.28. The van der Waals surface area contributed by atoms with E-state index in [0.717, 1.165) is 11.1 Å². The molecule has 1 fully saturated rings. The third-order valence-electron chi connectivity index (χ3n) is 6.37. The molecule has 3 aromatic rings. The second-order valence-corrected chi connectivity index (χ2v) is 10.8. The minimum atomic E-state index is -3.56. The normalized spacial score (nSPS) is 14.8. The topological polar surface area (TPSA) is 70.6 Å². The number of para-hydroxylation sites is 1. The number of carbonyl (C=O) groups is 1. The van der Waals surface area contributed by atoms with E-state index in [1.165, 1.54) is 16.8 Å². The van der Waals surface area contributed by atoms with E-state index in [1.807, 2.05) is 18.2 Å². The van der Waals surface area contributed by atoms with Crippen LogP contribution in [0.1, 0.15) is 28.7 Å². The summed E-state index contributed by atoms with van der Waals surface area (Å²) in [6.07, 6.45) is 4.89. The van der Waals surface area contributed by atoms with Crippen molar-refractivity contribution < 1.29 is 13.2 Å². The molecule has 0 amide bonds. The Balaban J connectivity index is 1.34. The number of sulfonamides is 1. The van der Waals surface area contributed by atoms with Gasteiger partial charge in [0.2, 0.25) is 10.0 Å². The number of ketones is 1. The number of Topliss-reactive ketones (excluding diaryl/α,β-unsaturated/α-hetero) is 1. The molecule has 1 aromatic heterocycles. The van der Waals surface area contributed by atoms with Crippen LogP contribution in [0.25, 0.3) is 0 Å². The molecule has 0 saturated carbocycles. The summed E-state index contributed by atoms with van der Waals surface area (Å²) in [5.41, 5.74) is 5.49. The summed E-state index contributed by atoms with van der Waals surface area (Å²) in [7, 11) is -3.56. The van der Waals surface area contributed by atoms with Crippen LogP contribution in [0.3, 0.4) is 0 Å². The molecule has 2 aromatic carbocycles. The molecule has 0 N–H and O–H groups in total. The summed E-state index contributed by atoms with van der Waals surface area (Å²) in [4.78, 5) is 19.0. The lowest BCUT2D eigenvalue weighted by Crippen LogP contribution is -2.49. The van der Waals surface area contributed by atoms with Crippen molar-refractivity contribution in [1.29, 1.82) is 0 Å². The van der Waals surface area contributed by atoms with Gasteiger partial charge >= 0.3 is 0 Å². The lowest BCUT2D eigenvalue weighted by molar-refractivity contribution is -0.118. The van der Waals surface area contributed by atoms with Crippen molar-refractivity contribution in [2.75, 3.05) is 31.1 Å². The van der Waals surface area contributed by atoms with Crippen LogP contribution in [-0.2, 0) is 27.7 Å². The van der Waals surface area contributed by atoms with Gasteiger partial charge in [-0.25, -0.2) is 8.42 Å². The van der Waals surface area contributed by atoms with Crippen molar-refractivity contribution in [2.45, 2.75) is 38.0 Å². The number of pyridine rings is 1. The highest BCUT2D eigenvalue weighted by Crippen LogP contribution is 2.27. The Hall–Kier alpha value is -3.03. The largest absolute Gasteiger partial charge is 0.368 e. The van der Waals surface area contributed by atoms with E-state index in [4.69, 9.17) is 0 Å². The fourth-order valence-electron chi connectivity index (χ4n) is 4.53. The Kier molecular flexibility index (Phi) is 7.44. The number of rotatable bonds is 8. The molecule has 6 nitrogen and oxygen atoms in total. The zero-order valence-corrected chi connectivity index (χ0v) is 20.6. The zero-order chi connectivity index (χ0) is 24.1. The standard InChI is InChI=1S/C27H31N3O3S/c1-21-5-3-6-22(2)27(21)29-15-17-30(18-16-29)34(32,33)26-12-9-23(10-13-26)19-25(31)11-8-24-7-4-14-28-20-24/h3-7,9-10,12-14,20H,8,11,15-19H2,1-2H3. The first kappa shape index (κ1) is 24.1. The average Bonchev–Trinajstić information content (AvgIpc) is 2.84. The van der Waals surface area contributed by atoms with Crippen LogP contribution in [0.2, 0.25) is 0 Å². The first-order valence-electron chi connectivity index (χ1n) is 11.7. The molecule has 1 saturated heterocycles. The maximum absolute atomic E-state index is 13.2. The Morgan fingerprint density at radius 2 is 1.56 bits per heavy atom. The zero-order valence-electron chi connectivity index (χ0n) is 19.8. The number of nitrogens with zero attached hydrogens (tertiary/aromatic N) is 3. The minimum absolute atomic E-state index is 0.127. The molecular formula is C27H31N3O3S. The highest BCUT2D eigenvalue weighted by atomic mass is 32.2. The van der Waals surface area contributed by atoms with Gasteiger partial charge in [0.05, 0.1) is 4.90 Å². The average molecular weight is 478 g/mol. The lowest BCUT2D eigenvalue weighted by Gasteiger charge is -2.36. The molecule has 4 rings (SSSR count). The highest BCUT2D eigenvalue weighted by Gasteiger charge is 2.29. The summed E-state index contributed by atoms with van der Waals surface area (Å²) < 4.78 is 27.9. The van der Waals surface area contributed by atoms with Gasteiger partial charge in [-0.15, -0.1) is 0 Å². The SMILES string of the molecule is Cc1cccc(C)c1N1CCN(S(=O)(=O)c2ccc(CC(=O)CCc3cccnc3)cc2)CC1. The van der Waals surface area contributed by atoms with E-state index in [-0.39, 0.29) is 10.7 Å². The maximum atomic E-state index is 13.2. The van der Waals surface area contributed by atoms with E-state index in [1.54, 1.807) is 41.0 Å². The lowest BCUT2D eigenvalue weighted by atomic mass is 10.0. The van der Waals surface area contributed by atoms with Gasteiger partial charge in [-0.1, -0.05) is 36.4 Å². The first-order chi connectivity index (χ1) is 16.3. The van der Waals surface area contributed by atoms with Crippen molar-refractivity contribution in [2.24, 2.45) is 0 Å². The van der Waals surface area contributed by atoms with E-state index in [2.05, 4.69) is 35.9 Å². The van der Waals surface area contributed by atoms with Gasteiger partial charge in [-0.05, 0) is 60.7 Å². The van der Waals surface area contributed by atoms with Crippen LogP contribution < -0.4 is 4.90 Å². The Morgan fingerprint density at radius 3 is 2.18 bits per heavy atom. The number of benzene rings is 2. The Bertz CT molecular complexity index is 1210. The van der Waals surface area contributed by atoms with Crippen LogP contribution in [0.15, 0.2) is 71.9 Å². The molecule has 178 valence electrons. The van der Waals surface area contributed by atoms with Crippen LogP contribution in [0.5, 0.6) is 0 Å². The summed E-state index contributed by atoms with van der Waals surface area (Å²) in [5, 5.41) is 0. The van der Waals surface area contributed by atoms with Crippen molar-refractivity contribution in [3.05, 3.63) is 89.2 Å². The van der Waals surface area contributed by atoms with Crippen LogP contribution in [0.4, 0.5) is 5.69 Å². The van der Waals surface area contributed by atoms with Gasteiger partial charge in [0, 0.05) is 57.1 Å². The number of piperazine rings is 1. The smallest absolute Gasteiger partial charge is 0.243 e. The van der Waals surface area contributed by atoms with Crippen molar-refractivity contribution in [3.8, 4) is 0 Å². The second-order valence-electron chi connectivity index (χ2n) is 8.85. The van der Waals surface area contributed by atoms with E-state index < -0.39 is 10.0 Å². The molecular weight excluding hydrogens is 446 g/mol. The molecule has 1 aliphatic heterocycles. The van der Waals surface area contributed by atoms with Crippen LogP contribution in [-0.4, -0.2) is 49.7 Å². The van der Waals surface area contributed by atoms with Crippen LogP contribution in [0, 0.1) is 13.8 Å². The van der Waals surface area contributed by atoms with Gasteiger partial charge in [0.15, 0.2) is 0 Å². The summed E-state index contributed by atoms with van der Waals surface area (Å²) in [5.74, 6) is 0.127. The predicted molar refractivity (Wildman–Crippen MR) is 135 cm³/mol. The van der Waals surface area contributed by atoms with Gasteiger partial charge < -0.3 is 4.90 Å². The van der Waals surface area contributed by atoms with Gasteiger partial charge in [0.25, 0.3) is 0 Å². The number of anilines is 1. The van der Waals surface area contributed by atoms with Gasteiger partial charge in [-0.3, -0.25) is 9.78 Å².